The first-order valence-corrected chi connectivity index (χ1v) is 5.63. The van der Waals surface area contributed by atoms with E-state index in [0.29, 0.717) is 11.8 Å². The molecule has 2 bridgehead atoms. The lowest BCUT2D eigenvalue weighted by Gasteiger charge is -2.32. The molecular weight excluding hydrogens is 187 g/mol. The summed E-state index contributed by atoms with van der Waals surface area (Å²) in [6, 6.07) is 7.24. The minimum Gasteiger partial charge on any atom is -0.207 e. The molecule has 3 rings (SSSR count). The monoisotopic (exact) mass is 202 g/mol. The summed E-state index contributed by atoms with van der Waals surface area (Å²) in [5, 5.41) is 0. The Morgan fingerprint density at radius 2 is 2.07 bits per heavy atom. The zero-order valence-electron chi connectivity index (χ0n) is 8.91. The molecule has 0 aromatic heterocycles. The largest absolute Gasteiger partial charge is 0.207 e. The Morgan fingerprint density at radius 3 is 2.67 bits per heavy atom. The van der Waals surface area contributed by atoms with E-state index < -0.39 is 0 Å². The topological polar surface area (TPSA) is 0 Å². The van der Waals surface area contributed by atoms with E-state index in [4.69, 9.17) is 0 Å². The van der Waals surface area contributed by atoms with Gasteiger partial charge in [0.05, 0.1) is 0 Å². The van der Waals surface area contributed by atoms with E-state index >= 15 is 0 Å². The van der Waals surface area contributed by atoms with Crippen molar-refractivity contribution in [2.24, 2.45) is 11.8 Å². The predicted octanol–water partition coefficient (Wildman–Crippen LogP) is 3.68. The highest BCUT2D eigenvalue weighted by Gasteiger charge is 2.46. The fourth-order valence-corrected chi connectivity index (χ4v) is 3.33. The average molecular weight is 202 g/mol. The fourth-order valence-electron chi connectivity index (χ4n) is 3.33. The molecular formula is C14H15F. The van der Waals surface area contributed by atoms with Crippen molar-refractivity contribution in [1.82, 2.24) is 0 Å². The summed E-state index contributed by atoms with van der Waals surface area (Å²) in [5.41, 5.74) is 0.937. The summed E-state index contributed by atoms with van der Waals surface area (Å²) in [7, 11) is 0. The lowest BCUT2D eigenvalue weighted by atomic mass is 9.72. The highest BCUT2D eigenvalue weighted by molar-refractivity contribution is 5.33. The summed E-state index contributed by atoms with van der Waals surface area (Å²) >= 11 is 0. The van der Waals surface area contributed by atoms with Gasteiger partial charge in [0.1, 0.15) is 5.82 Å². The molecule has 78 valence electrons. The summed E-state index contributed by atoms with van der Waals surface area (Å²) in [6.45, 7) is 2.21. The van der Waals surface area contributed by atoms with E-state index in [0.717, 1.165) is 12.0 Å². The number of hydrogen-bond acceptors (Lipinski definition) is 0. The first kappa shape index (κ1) is 9.14. The van der Waals surface area contributed by atoms with Crippen molar-refractivity contribution < 1.29 is 4.39 Å². The highest BCUT2D eigenvalue weighted by atomic mass is 19.1. The fraction of sp³-hybridized carbons (Fsp3) is 0.429. The van der Waals surface area contributed by atoms with Gasteiger partial charge >= 0.3 is 0 Å². The molecule has 2 aliphatic carbocycles. The molecule has 0 heterocycles. The van der Waals surface area contributed by atoms with Crippen LogP contribution in [0.4, 0.5) is 4.39 Å². The number of rotatable bonds is 1. The van der Waals surface area contributed by atoms with Crippen molar-refractivity contribution in [1.29, 1.82) is 0 Å². The number of benzene rings is 1. The molecule has 1 fully saturated rings. The molecule has 1 saturated carbocycles. The minimum absolute atomic E-state index is 0.0325. The van der Waals surface area contributed by atoms with Gasteiger partial charge in [0.2, 0.25) is 0 Å². The SMILES string of the molecule is CC1(c2ccccc2F)CC2C=CC1C2. The van der Waals surface area contributed by atoms with Crippen LogP contribution in [0.15, 0.2) is 36.4 Å². The minimum atomic E-state index is -0.0408. The maximum Gasteiger partial charge on any atom is 0.126 e. The average Bonchev–Trinajstić information content (AvgIpc) is 2.78. The smallest absolute Gasteiger partial charge is 0.126 e. The van der Waals surface area contributed by atoms with E-state index in [1.165, 1.54) is 6.42 Å². The van der Waals surface area contributed by atoms with Gasteiger partial charge in [0.25, 0.3) is 0 Å². The van der Waals surface area contributed by atoms with Crippen LogP contribution in [0.3, 0.4) is 0 Å². The van der Waals surface area contributed by atoms with Gasteiger partial charge in [0.15, 0.2) is 0 Å². The standard InChI is InChI=1S/C14H15F/c1-14(9-10-6-7-11(14)8-10)12-4-2-3-5-13(12)15/h2-7,10-11H,8-9H2,1H3. The number of halogens is 1. The van der Waals surface area contributed by atoms with E-state index in [1.54, 1.807) is 12.1 Å². The van der Waals surface area contributed by atoms with E-state index in [2.05, 4.69) is 19.1 Å². The maximum atomic E-state index is 13.8. The van der Waals surface area contributed by atoms with Crippen LogP contribution in [0.1, 0.15) is 25.3 Å². The van der Waals surface area contributed by atoms with Gasteiger partial charge in [-0.3, -0.25) is 0 Å². The van der Waals surface area contributed by atoms with Gasteiger partial charge in [-0.05, 0) is 36.3 Å². The Labute approximate surface area is 89.8 Å². The summed E-state index contributed by atoms with van der Waals surface area (Å²) in [4.78, 5) is 0. The highest BCUT2D eigenvalue weighted by Crippen LogP contribution is 2.53. The van der Waals surface area contributed by atoms with Crippen LogP contribution in [-0.2, 0) is 5.41 Å². The van der Waals surface area contributed by atoms with Gasteiger partial charge in [-0.2, -0.15) is 0 Å². The molecule has 0 saturated heterocycles. The molecule has 3 unspecified atom stereocenters. The van der Waals surface area contributed by atoms with E-state index in [-0.39, 0.29) is 11.2 Å². The van der Waals surface area contributed by atoms with Crippen LogP contribution < -0.4 is 0 Å². The predicted molar refractivity (Wildman–Crippen MR) is 59.1 cm³/mol. The molecule has 0 amide bonds. The molecule has 0 spiro atoms. The molecule has 0 nitrogen and oxygen atoms in total. The molecule has 1 heteroatoms. The van der Waals surface area contributed by atoms with Gasteiger partial charge < -0.3 is 0 Å². The third-order valence-corrected chi connectivity index (χ3v) is 4.17. The van der Waals surface area contributed by atoms with Gasteiger partial charge in [-0.1, -0.05) is 37.3 Å². The zero-order chi connectivity index (χ0) is 10.5. The van der Waals surface area contributed by atoms with Crippen LogP contribution in [0.5, 0.6) is 0 Å². The molecule has 0 aliphatic heterocycles. The van der Waals surface area contributed by atoms with Gasteiger partial charge in [0, 0.05) is 5.41 Å². The number of fused-ring (bicyclic) bond motifs is 2. The van der Waals surface area contributed by atoms with Gasteiger partial charge in [-0.25, -0.2) is 4.39 Å². The van der Waals surface area contributed by atoms with Crippen LogP contribution in [0.2, 0.25) is 0 Å². The summed E-state index contributed by atoms with van der Waals surface area (Å²) in [6.07, 6.45) is 6.90. The molecule has 15 heavy (non-hydrogen) atoms. The Balaban J connectivity index is 2.08. The van der Waals surface area contributed by atoms with E-state index in [9.17, 15) is 4.39 Å². The third kappa shape index (κ3) is 1.19. The Hall–Kier alpha value is -1.11. The first-order chi connectivity index (χ1) is 7.20. The lowest BCUT2D eigenvalue weighted by Crippen LogP contribution is -2.28. The third-order valence-electron chi connectivity index (χ3n) is 4.17. The van der Waals surface area contributed by atoms with Gasteiger partial charge in [-0.15, -0.1) is 0 Å². The van der Waals surface area contributed by atoms with Crippen molar-refractivity contribution in [3.05, 3.63) is 47.8 Å². The van der Waals surface area contributed by atoms with Crippen LogP contribution in [0, 0.1) is 17.7 Å². The molecule has 3 atom stereocenters. The zero-order valence-corrected chi connectivity index (χ0v) is 8.91. The second-order valence-corrected chi connectivity index (χ2v) is 5.09. The van der Waals surface area contributed by atoms with Crippen LogP contribution in [-0.4, -0.2) is 0 Å². The van der Waals surface area contributed by atoms with E-state index in [1.807, 2.05) is 12.1 Å². The molecule has 2 aliphatic rings. The van der Waals surface area contributed by atoms with Crippen molar-refractivity contribution in [3.63, 3.8) is 0 Å². The van der Waals surface area contributed by atoms with Crippen LogP contribution in [0.25, 0.3) is 0 Å². The second-order valence-electron chi connectivity index (χ2n) is 5.09. The molecule has 0 N–H and O–H groups in total. The molecule has 0 radical (unpaired) electrons. The Kier molecular flexibility index (Phi) is 1.79. The Morgan fingerprint density at radius 1 is 1.27 bits per heavy atom. The lowest BCUT2D eigenvalue weighted by molar-refractivity contribution is 0.377. The van der Waals surface area contributed by atoms with Crippen molar-refractivity contribution >= 4 is 0 Å². The quantitative estimate of drug-likeness (QED) is 0.609. The summed E-state index contributed by atoms with van der Waals surface area (Å²) in [5.74, 6) is 1.18. The normalized spacial score (nSPS) is 37.5. The van der Waals surface area contributed by atoms with Crippen molar-refractivity contribution in [3.8, 4) is 0 Å². The van der Waals surface area contributed by atoms with Crippen LogP contribution >= 0.6 is 0 Å². The number of hydrogen-bond donors (Lipinski definition) is 0. The molecule has 1 aromatic rings. The molecule has 1 aromatic carbocycles. The second kappa shape index (κ2) is 2.94. The first-order valence-electron chi connectivity index (χ1n) is 5.63. The number of allylic oxidation sites excluding steroid dienone is 2. The maximum absolute atomic E-state index is 13.8. The van der Waals surface area contributed by atoms with Crippen molar-refractivity contribution in [2.45, 2.75) is 25.2 Å². The van der Waals surface area contributed by atoms with Crippen molar-refractivity contribution in [2.75, 3.05) is 0 Å². The Bertz CT molecular complexity index is 421. The summed E-state index contributed by atoms with van der Waals surface area (Å²) < 4.78 is 13.8.